The number of nitrogens with one attached hydrogen (secondary N) is 1. The second-order valence-electron chi connectivity index (χ2n) is 6.11. The van der Waals surface area contributed by atoms with Crippen molar-refractivity contribution in [2.24, 2.45) is 5.92 Å². The molecule has 118 valence electrons. The number of nitrogens with zero attached hydrogens (tertiary/aromatic N) is 3. The summed E-state index contributed by atoms with van der Waals surface area (Å²) in [6.45, 7) is 5.42. The summed E-state index contributed by atoms with van der Waals surface area (Å²) in [7, 11) is 0. The minimum atomic E-state index is 0.170. The maximum atomic E-state index is 12.6. The number of hydrogen-bond donors (Lipinski definition) is 1. The molecule has 0 radical (unpaired) electrons. The van der Waals surface area contributed by atoms with Gasteiger partial charge in [-0.3, -0.25) is 9.89 Å². The van der Waals surface area contributed by atoms with Crippen LogP contribution in [0.2, 0.25) is 0 Å². The Balaban J connectivity index is 1.60. The van der Waals surface area contributed by atoms with Gasteiger partial charge in [-0.1, -0.05) is 5.16 Å². The van der Waals surface area contributed by atoms with E-state index in [0.717, 1.165) is 55.1 Å². The van der Waals surface area contributed by atoms with Gasteiger partial charge in [-0.2, -0.15) is 5.10 Å². The van der Waals surface area contributed by atoms with E-state index in [-0.39, 0.29) is 5.91 Å². The van der Waals surface area contributed by atoms with E-state index >= 15 is 0 Å². The van der Waals surface area contributed by atoms with E-state index in [4.69, 9.17) is 4.52 Å². The van der Waals surface area contributed by atoms with E-state index in [1.165, 1.54) is 0 Å². The summed E-state index contributed by atoms with van der Waals surface area (Å²) >= 11 is 0. The molecule has 0 aromatic carbocycles. The van der Waals surface area contributed by atoms with Gasteiger partial charge in [-0.05, 0) is 45.1 Å². The van der Waals surface area contributed by atoms with Gasteiger partial charge in [-0.25, -0.2) is 0 Å². The zero-order chi connectivity index (χ0) is 15.5. The summed E-state index contributed by atoms with van der Waals surface area (Å²) in [5.41, 5.74) is 2.89. The lowest BCUT2D eigenvalue weighted by atomic mass is 9.93. The summed E-state index contributed by atoms with van der Waals surface area (Å²) in [6.07, 6.45) is 5.34. The maximum absolute atomic E-state index is 12.6. The highest BCUT2D eigenvalue weighted by Gasteiger charge is 2.25. The molecule has 6 nitrogen and oxygen atoms in total. The van der Waals surface area contributed by atoms with Crippen molar-refractivity contribution in [3.63, 3.8) is 0 Å². The maximum Gasteiger partial charge on any atom is 0.227 e. The van der Waals surface area contributed by atoms with Gasteiger partial charge in [0.1, 0.15) is 5.76 Å². The Hall–Kier alpha value is -2.11. The third kappa shape index (κ3) is 3.21. The molecule has 0 unspecified atom stereocenters. The number of amides is 1. The number of piperidine rings is 1. The van der Waals surface area contributed by atoms with Crippen molar-refractivity contribution in [2.75, 3.05) is 13.1 Å². The molecule has 1 fully saturated rings. The minimum absolute atomic E-state index is 0.170. The van der Waals surface area contributed by atoms with Gasteiger partial charge < -0.3 is 9.42 Å². The van der Waals surface area contributed by atoms with Crippen LogP contribution < -0.4 is 0 Å². The van der Waals surface area contributed by atoms with Gasteiger partial charge in [0.15, 0.2) is 0 Å². The highest BCUT2D eigenvalue weighted by Crippen LogP contribution is 2.22. The Kier molecular flexibility index (Phi) is 4.27. The summed E-state index contributed by atoms with van der Waals surface area (Å²) in [6, 6.07) is 2.00. The normalized spacial score (nSPS) is 18.6. The van der Waals surface area contributed by atoms with Crippen LogP contribution in [-0.4, -0.2) is 39.3 Å². The first-order valence-corrected chi connectivity index (χ1v) is 7.81. The fraction of sp³-hybridized carbons (Fsp3) is 0.562. The van der Waals surface area contributed by atoms with Gasteiger partial charge in [-0.15, -0.1) is 0 Å². The fourth-order valence-corrected chi connectivity index (χ4v) is 3.18. The molecule has 1 aliphatic heterocycles. The van der Waals surface area contributed by atoms with Gasteiger partial charge >= 0.3 is 0 Å². The number of aromatic nitrogens is 3. The number of hydrogen-bond acceptors (Lipinski definition) is 4. The Morgan fingerprint density at radius 1 is 1.50 bits per heavy atom. The highest BCUT2D eigenvalue weighted by atomic mass is 16.5. The molecule has 22 heavy (non-hydrogen) atoms. The molecule has 2 aromatic heterocycles. The first kappa shape index (κ1) is 14.8. The first-order valence-electron chi connectivity index (χ1n) is 7.81. The van der Waals surface area contributed by atoms with Crippen LogP contribution in [0.25, 0.3) is 0 Å². The largest absolute Gasteiger partial charge is 0.361 e. The molecule has 1 amide bonds. The van der Waals surface area contributed by atoms with Gasteiger partial charge in [0.05, 0.1) is 12.1 Å². The van der Waals surface area contributed by atoms with Crippen LogP contribution >= 0.6 is 0 Å². The van der Waals surface area contributed by atoms with Gasteiger partial charge in [0.2, 0.25) is 5.91 Å². The van der Waals surface area contributed by atoms with E-state index in [9.17, 15) is 4.79 Å². The SMILES string of the molecule is Cc1noc(C)c1CC(=O)N1CCC[C@H](Cc2ccn[nH]2)C1. The number of carbonyl (C=O) groups is 1. The van der Waals surface area contributed by atoms with Crippen molar-refractivity contribution in [3.05, 3.63) is 35.0 Å². The van der Waals surface area contributed by atoms with Crippen LogP contribution in [0.4, 0.5) is 0 Å². The molecular weight excluding hydrogens is 280 g/mol. The molecule has 0 aliphatic carbocycles. The monoisotopic (exact) mass is 302 g/mol. The number of carbonyl (C=O) groups excluding carboxylic acids is 1. The number of H-pyrrole nitrogens is 1. The fourth-order valence-electron chi connectivity index (χ4n) is 3.18. The molecule has 3 rings (SSSR count). The van der Waals surface area contributed by atoms with E-state index in [2.05, 4.69) is 15.4 Å². The molecule has 1 N–H and O–H groups in total. The summed E-state index contributed by atoms with van der Waals surface area (Å²) in [4.78, 5) is 14.5. The van der Waals surface area contributed by atoms with E-state index in [1.54, 1.807) is 6.20 Å². The third-order valence-corrected chi connectivity index (χ3v) is 4.45. The molecule has 3 heterocycles. The Morgan fingerprint density at radius 3 is 3.05 bits per heavy atom. The molecule has 0 saturated carbocycles. The summed E-state index contributed by atoms with van der Waals surface area (Å²) in [5, 5.41) is 10.9. The van der Waals surface area contributed by atoms with Crippen LogP contribution in [0.1, 0.15) is 35.6 Å². The van der Waals surface area contributed by atoms with Crippen molar-refractivity contribution in [1.82, 2.24) is 20.3 Å². The molecule has 0 spiro atoms. The van der Waals surface area contributed by atoms with E-state index in [1.807, 2.05) is 24.8 Å². The highest BCUT2D eigenvalue weighted by molar-refractivity contribution is 5.79. The molecule has 6 heteroatoms. The van der Waals surface area contributed by atoms with E-state index < -0.39 is 0 Å². The summed E-state index contributed by atoms with van der Waals surface area (Å²) in [5.74, 6) is 1.42. The lowest BCUT2D eigenvalue weighted by molar-refractivity contribution is -0.132. The number of aromatic amines is 1. The quantitative estimate of drug-likeness (QED) is 0.938. The van der Waals surface area contributed by atoms with Crippen molar-refractivity contribution >= 4 is 5.91 Å². The zero-order valence-corrected chi connectivity index (χ0v) is 13.1. The van der Waals surface area contributed by atoms with Gasteiger partial charge in [0.25, 0.3) is 0 Å². The number of likely N-dealkylation sites (tertiary alicyclic amines) is 1. The van der Waals surface area contributed by atoms with E-state index in [0.29, 0.717) is 12.3 Å². The third-order valence-electron chi connectivity index (χ3n) is 4.45. The molecule has 2 aromatic rings. The minimum Gasteiger partial charge on any atom is -0.361 e. The predicted molar refractivity (Wildman–Crippen MR) is 81.3 cm³/mol. The molecular formula is C16H22N4O2. The summed E-state index contributed by atoms with van der Waals surface area (Å²) < 4.78 is 5.14. The number of rotatable bonds is 4. The second kappa shape index (κ2) is 6.34. The number of aryl methyl sites for hydroxylation is 2. The first-order chi connectivity index (χ1) is 10.6. The molecule has 1 saturated heterocycles. The van der Waals surface area contributed by atoms with Crippen LogP contribution in [0.5, 0.6) is 0 Å². The predicted octanol–water partition coefficient (Wildman–Crippen LogP) is 2.04. The topological polar surface area (TPSA) is 75.0 Å². The zero-order valence-electron chi connectivity index (χ0n) is 13.1. The lowest BCUT2D eigenvalue weighted by Gasteiger charge is -2.32. The van der Waals surface area contributed by atoms with Crippen molar-refractivity contribution in [2.45, 2.75) is 39.5 Å². The second-order valence-corrected chi connectivity index (χ2v) is 6.11. The lowest BCUT2D eigenvalue weighted by Crippen LogP contribution is -2.41. The van der Waals surface area contributed by atoms with Crippen LogP contribution in [0.3, 0.4) is 0 Å². The Morgan fingerprint density at radius 2 is 2.36 bits per heavy atom. The standard InChI is InChI=1S/C16H22N4O2/c1-11-15(12(2)22-19-11)9-16(21)20-7-3-4-13(10-20)8-14-5-6-17-18-14/h5-6,13H,3-4,7-10H2,1-2H3,(H,17,18)/t13-/m1/s1. The van der Waals surface area contributed by atoms with Crippen molar-refractivity contribution in [1.29, 1.82) is 0 Å². The average Bonchev–Trinajstić information content (AvgIpc) is 3.12. The van der Waals surface area contributed by atoms with Crippen molar-refractivity contribution in [3.8, 4) is 0 Å². The molecule has 1 atom stereocenters. The van der Waals surface area contributed by atoms with Crippen LogP contribution in [-0.2, 0) is 17.6 Å². The molecule has 1 aliphatic rings. The Labute approximate surface area is 129 Å². The smallest absolute Gasteiger partial charge is 0.227 e. The molecule has 0 bridgehead atoms. The average molecular weight is 302 g/mol. The van der Waals surface area contributed by atoms with Crippen LogP contribution in [0.15, 0.2) is 16.8 Å². The van der Waals surface area contributed by atoms with Crippen molar-refractivity contribution < 1.29 is 9.32 Å². The van der Waals surface area contributed by atoms with Crippen LogP contribution in [0, 0.1) is 19.8 Å². The van der Waals surface area contributed by atoms with Gasteiger partial charge in [0, 0.05) is 30.5 Å². The Bertz CT molecular complexity index is 613.